The van der Waals surface area contributed by atoms with Gasteiger partial charge in [0.1, 0.15) is 5.75 Å². The molecule has 0 bridgehead atoms. The van der Waals surface area contributed by atoms with Crippen LogP contribution in [0.3, 0.4) is 0 Å². The molecule has 0 aromatic heterocycles. The highest BCUT2D eigenvalue weighted by atomic mass is 16.5. The van der Waals surface area contributed by atoms with Gasteiger partial charge in [-0.1, -0.05) is 29.8 Å². The number of methoxy groups -OCH3 is 1. The van der Waals surface area contributed by atoms with Gasteiger partial charge >= 0.3 is 12.0 Å². The maximum Gasteiger partial charge on any atom is 0.317 e. The van der Waals surface area contributed by atoms with Crippen LogP contribution in [0.15, 0.2) is 36.4 Å². The average Bonchev–Trinajstić information content (AvgIpc) is 3.56. The predicted molar refractivity (Wildman–Crippen MR) is 121 cm³/mol. The van der Waals surface area contributed by atoms with Gasteiger partial charge in [-0.3, -0.25) is 4.79 Å². The van der Waals surface area contributed by atoms with Crippen molar-refractivity contribution in [1.82, 2.24) is 10.2 Å². The van der Waals surface area contributed by atoms with Crippen molar-refractivity contribution in [2.75, 3.05) is 20.3 Å². The van der Waals surface area contributed by atoms with Gasteiger partial charge in [-0.25, -0.2) is 4.79 Å². The molecule has 0 unspecified atom stereocenters. The molecule has 1 aliphatic carbocycles. The van der Waals surface area contributed by atoms with E-state index >= 15 is 0 Å². The Morgan fingerprint density at radius 1 is 1.10 bits per heavy atom. The maximum absolute atomic E-state index is 12.7. The molecule has 2 amide bonds. The van der Waals surface area contributed by atoms with Crippen LogP contribution in [-0.2, 0) is 22.5 Å². The second-order valence-electron chi connectivity index (χ2n) is 7.91. The van der Waals surface area contributed by atoms with E-state index < -0.39 is 0 Å². The van der Waals surface area contributed by atoms with Crippen molar-refractivity contribution in [2.45, 2.75) is 52.6 Å². The van der Waals surface area contributed by atoms with E-state index in [1.54, 1.807) is 14.0 Å². The molecular weight excluding hydrogens is 392 g/mol. The smallest absolute Gasteiger partial charge is 0.317 e. The van der Waals surface area contributed by atoms with Crippen LogP contribution < -0.4 is 10.1 Å². The topological polar surface area (TPSA) is 67.9 Å². The summed E-state index contributed by atoms with van der Waals surface area (Å²) in [6.45, 7) is 7.31. The molecule has 0 aliphatic heterocycles. The standard InChI is InChI=1S/C25H32N2O4/c1-5-27(25(29)26-20-9-10-20)16-19-13-17(3)7-11-21(19)22-14-18(8-12-23(22)30-4)15-24(28)31-6-2/h7-8,11-14,20H,5-6,9-10,15-16H2,1-4H3,(H,26,29). The molecule has 31 heavy (non-hydrogen) atoms. The minimum Gasteiger partial charge on any atom is -0.496 e. The van der Waals surface area contributed by atoms with E-state index in [1.165, 1.54) is 0 Å². The zero-order valence-electron chi connectivity index (χ0n) is 18.9. The number of nitrogens with zero attached hydrogens (tertiary/aromatic N) is 1. The van der Waals surface area contributed by atoms with Crippen LogP contribution in [0.4, 0.5) is 4.79 Å². The van der Waals surface area contributed by atoms with Crippen molar-refractivity contribution >= 4 is 12.0 Å². The zero-order chi connectivity index (χ0) is 22.4. The minimum absolute atomic E-state index is 0.0273. The molecule has 3 rings (SSSR count). The first-order chi connectivity index (χ1) is 14.9. The van der Waals surface area contributed by atoms with Crippen molar-refractivity contribution < 1.29 is 19.1 Å². The largest absolute Gasteiger partial charge is 0.496 e. The van der Waals surface area contributed by atoms with Crippen molar-refractivity contribution in [3.05, 3.63) is 53.1 Å². The number of nitrogens with one attached hydrogen (secondary N) is 1. The molecule has 2 aromatic rings. The number of carbonyl (C=O) groups is 2. The number of hydrogen-bond donors (Lipinski definition) is 1. The van der Waals surface area contributed by atoms with Gasteiger partial charge in [0.2, 0.25) is 0 Å². The quantitative estimate of drug-likeness (QED) is 0.603. The Morgan fingerprint density at radius 2 is 1.87 bits per heavy atom. The van der Waals surface area contributed by atoms with Gasteiger partial charge < -0.3 is 19.7 Å². The SMILES string of the molecule is CCOC(=O)Cc1ccc(OC)c(-c2ccc(C)cc2CN(CC)C(=O)NC2CC2)c1. The Bertz CT molecular complexity index is 937. The number of urea groups is 1. The van der Waals surface area contributed by atoms with E-state index in [0.717, 1.165) is 46.4 Å². The molecule has 1 N–H and O–H groups in total. The lowest BCUT2D eigenvalue weighted by atomic mass is 9.94. The van der Waals surface area contributed by atoms with Gasteiger partial charge in [0.25, 0.3) is 0 Å². The van der Waals surface area contributed by atoms with Crippen LogP contribution in [0.5, 0.6) is 5.75 Å². The molecule has 1 aliphatic rings. The lowest BCUT2D eigenvalue weighted by Gasteiger charge is -2.24. The first kappa shape index (κ1) is 22.7. The van der Waals surface area contributed by atoms with Gasteiger partial charge in [0.15, 0.2) is 0 Å². The van der Waals surface area contributed by atoms with Gasteiger partial charge in [-0.2, -0.15) is 0 Å². The van der Waals surface area contributed by atoms with E-state index in [4.69, 9.17) is 9.47 Å². The third-order valence-electron chi connectivity index (χ3n) is 5.40. The second kappa shape index (κ2) is 10.3. The van der Waals surface area contributed by atoms with E-state index in [1.807, 2.05) is 36.9 Å². The molecule has 6 heteroatoms. The zero-order valence-corrected chi connectivity index (χ0v) is 18.9. The number of amides is 2. The van der Waals surface area contributed by atoms with Gasteiger partial charge in [-0.05, 0) is 62.4 Å². The number of rotatable bonds is 9. The average molecular weight is 425 g/mol. The summed E-state index contributed by atoms with van der Waals surface area (Å²) < 4.78 is 10.7. The minimum atomic E-state index is -0.253. The van der Waals surface area contributed by atoms with E-state index in [9.17, 15) is 9.59 Å². The summed E-state index contributed by atoms with van der Waals surface area (Å²) in [7, 11) is 1.64. The number of aryl methyl sites for hydroxylation is 1. The molecular formula is C25H32N2O4. The first-order valence-corrected chi connectivity index (χ1v) is 10.9. The fourth-order valence-corrected chi connectivity index (χ4v) is 3.60. The second-order valence-corrected chi connectivity index (χ2v) is 7.91. The van der Waals surface area contributed by atoms with Crippen LogP contribution in [0.2, 0.25) is 0 Å². The number of benzene rings is 2. The number of hydrogen-bond acceptors (Lipinski definition) is 4. The molecule has 166 valence electrons. The molecule has 6 nitrogen and oxygen atoms in total. The van der Waals surface area contributed by atoms with Crippen LogP contribution in [0, 0.1) is 6.92 Å². The summed E-state index contributed by atoms with van der Waals surface area (Å²) in [5.41, 5.74) is 4.92. The molecule has 0 radical (unpaired) electrons. The number of esters is 1. The molecule has 0 atom stereocenters. The fourth-order valence-electron chi connectivity index (χ4n) is 3.60. The monoisotopic (exact) mass is 424 g/mol. The van der Waals surface area contributed by atoms with Gasteiger partial charge in [0, 0.05) is 24.7 Å². The Hall–Kier alpha value is -3.02. The molecule has 0 saturated heterocycles. The summed E-state index contributed by atoms with van der Waals surface area (Å²) in [5, 5.41) is 3.08. The van der Waals surface area contributed by atoms with Crippen LogP contribution in [0.1, 0.15) is 43.4 Å². The Kier molecular flexibility index (Phi) is 7.55. The Morgan fingerprint density at radius 3 is 2.52 bits per heavy atom. The molecule has 1 saturated carbocycles. The van der Waals surface area contributed by atoms with Gasteiger partial charge in [0.05, 0.1) is 20.1 Å². The normalized spacial score (nSPS) is 12.9. The van der Waals surface area contributed by atoms with E-state index in [2.05, 4.69) is 23.5 Å². The molecule has 1 fully saturated rings. The Balaban J connectivity index is 1.94. The summed E-state index contributed by atoms with van der Waals surface area (Å²) >= 11 is 0. The highest BCUT2D eigenvalue weighted by molar-refractivity contribution is 5.79. The molecule has 0 heterocycles. The lowest BCUT2D eigenvalue weighted by molar-refractivity contribution is -0.142. The maximum atomic E-state index is 12.7. The summed E-state index contributed by atoms with van der Waals surface area (Å²) in [6.07, 6.45) is 2.32. The number of carbonyl (C=O) groups excluding carboxylic acids is 2. The lowest BCUT2D eigenvalue weighted by Crippen LogP contribution is -2.40. The Labute approximate surface area is 184 Å². The summed E-state index contributed by atoms with van der Waals surface area (Å²) in [6, 6.07) is 12.3. The van der Waals surface area contributed by atoms with Crippen LogP contribution in [0.25, 0.3) is 11.1 Å². The summed E-state index contributed by atoms with van der Waals surface area (Å²) in [5.74, 6) is 0.472. The highest BCUT2D eigenvalue weighted by Crippen LogP contribution is 2.35. The van der Waals surface area contributed by atoms with Crippen molar-refractivity contribution in [2.24, 2.45) is 0 Å². The predicted octanol–water partition coefficient (Wildman–Crippen LogP) is 4.47. The van der Waals surface area contributed by atoms with E-state index in [0.29, 0.717) is 25.7 Å². The summed E-state index contributed by atoms with van der Waals surface area (Å²) in [4.78, 5) is 26.5. The third kappa shape index (κ3) is 6.00. The first-order valence-electron chi connectivity index (χ1n) is 10.9. The number of ether oxygens (including phenoxy) is 2. The molecule has 0 spiro atoms. The van der Waals surface area contributed by atoms with Crippen molar-refractivity contribution in [1.29, 1.82) is 0 Å². The van der Waals surface area contributed by atoms with Crippen LogP contribution >= 0.6 is 0 Å². The highest BCUT2D eigenvalue weighted by Gasteiger charge is 2.26. The van der Waals surface area contributed by atoms with E-state index in [-0.39, 0.29) is 18.4 Å². The van der Waals surface area contributed by atoms with Crippen LogP contribution in [-0.4, -0.2) is 43.2 Å². The van der Waals surface area contributed by atoms with Crippen molar-refractivity contribution in [3.63, 3.8) is 0 Å². The molecule has 2 aromatic carbocycles. The van der Waals surface area contributed by atoms with Crippen molar-refractivity contribution in [3.8, 4) is 16.9 Å². The fraction of sp³-hybridized carbons (Fsp3) is 0.440. The van der Waals surface area contributed by atoms with Gasteiger partial charge in [-0.15, -0.1) is 0 Å². The third-order valence-corrected chi connectivity index (χ3v) is 5.40.